The van der Waals surface area contributed by atoms with Crippen molar-refractivity contribution in [3.05, 3.63) is 59.3 Å². The van der Waals surface area contributed by atoms with Crippen molar-refractivity contribution in [2.24, 2.45) is 11.6 Å². The molecule has 0 aliphatic carbocycles. The molecule has 1 saturated heterocycles. The lowest BCUT2D eigenvalue weighted by Gasteiger charge is -2.40. The molecule has 0 atom stereocenters. The van der Waals surface area contributed by atoms with Crippen molar-refractivity contribution >= 4 is 11.6 Å². The maximum Gasteiger partial charge on any atom is 0.244 e. The number of nitrogens with two attached hydrogens (primary N) is 2. The second-order valence-electron chi connectivity index (χ2n) is 8.90. The Hall–Kier alpha value is -2.95. The fourth-order valence-electron chi connectivity index (χ4n) is 3.84. The van der Waals surface area contributed by atoms with Gasteiger partial charge >= 0.3 is 0 Å². The van der Waals surface area contributed by atoms with E-state index in [2.05, 4.69) is 29.3 Å². The van der Waals surface area contributed by atoms with Gasteiger partial charge in [0.2, 0.25) is 5.91 Å². The van der Waals surface area contributed by atoms with Gasteiger partial charge in [-0.1, -0.05) is 12.1 Å². The van der Waals surface area contributed by atoms with Gasteiger partial charge in [0.05, 0.1) is 18.9 Å². The molecule has 0 spiro atoms. The van der Waals surface area contributed by atoms with E-state index >= 15 is 0 Å². The minimum Gasteiger partial charge on any atom is -0.396 e. The normalized spacial score (nSPS) is 15.5. The Morgan fingerprint density at radius 1 is 1.30 bits per heavy atom. The van der Waals surface area contributed by atoms with E-state index in [1.54, 1.807) is 21.7 Å². The Morgan fingerprint density at radius 3 is 2.61 bits per heavy atom. The maximum atomic E-state index is 13.3. The van der Waals surface area contributed by atoms with E-state index in [9.17, 15) is 9.18 Å². The number of hydrogen-bond donors (Lipinski definition) is 3. The molecular formula is C23H34FN7O2. The van der Waals surface area contributed by atoms with E-state index in [1.807, 2.05) is 13.1 Å². The third-order valence-electron chi connectivity index (χ3n) is 5.98. The molecule has 2 aromatic rings. The number of aromatic nitrogens is 2. The van der Waals surface area contributed by atoms with E-state index in [-0.39, 0.29) is 23.8 Å². The van der Waals surface area contributed by atoms with E-state index in [4.69, 9.17) is 16.3 Å². The number of carbonyl (C=O) groups is 1. The number of rotatable bonds is 9. The van der Waals surface area contributed by atoms with Crippen molar-refractivity contribution in [1.82, 2.24) is 25.0 Å². The topological polar surface area (TPSA) is 115 Å². The van der Waals surface area contributed by atoms with Gasteiger partial charge in [0.1, 0.15) is 18.1 Å². The summed E-state index contributed by atoms with van der Waals surface area (Å²) in [5.74, 6) is 4.98. The molecule has 1 aromatic heterocycles. The number of benzene rings is 1. The fraction of sp³-hybridized carbons (Fsp3) is 0.478. The molecule has 3 rings (SSSR count). The van der Waals surface area contributed by atoms with Crippen LogP contribution in [0.5, 0.6) is 0 Å². The third-order valence-corrected chi connectivity index (χ3v) is 5.98. The number of likely N-dealkylation sites (N-methyl/N-ethyl adjacent to an activating group) is 1. The van der Waals surface area contributed by atoms with Crippen LogP contribution in [0.2, 0.25) is 0 Å². The molecule has 2 heterocycles. The van der Waals surface area contributed by atoms with Crippen LogP contribution in [0, 0.1) is 5.82 Å². The van der Waals surface area contributed by atoms with Gasteiger partial charge in [-0.25, -0.2) is 4.39 Å². The number of carbonyl (C=O) groups excluding carboxylic acids is 1. The first-order valence-electron chi connectivity index (χ1n) is 11.0. The molecule has 33 heavy (non-hydrogen) atoms. The molecule has 0 unspecified atom stereocenters. The predicted octanol–water partition coefficient (Wildman–Crippen LogP) is 0.903. The molecule has 1 aliphatic rings. The molecule has 1 fully saturated rings. The zero-order chi connectivity index (χ0) is 24.0. The van der Waals surface area contributed by atoms with E-state index in [1.165, 1.54) is 18.3 Å². The SMILES string of the molecule is CN(C(=O)Cn1nc(/C(N)=C/NN)cc1Cc1ccc(F)cc1)C(C)(C)CN1CCOCC1. The fourth-order valence-corrected chi connectivity index (χ4v) is 3.84. The average Bonchev–Trinajstić information content (AvgIpc) is 3.17. The van der Waals surface area contributed by atoms with Crippen molar-refractivity contribution in [1.29, 1.82) is 0 Å². The van der Waals surface area contributed by atoms with Crippen LogP contribution in [0.1, 0.15) is 30.8 Å². The first-order chi connectivity index (χ1) is 15.7. The highest BCUT2D eigenvalue weighted by molar-refractivity contribution is 5.76. The molecule has 1 aromatic carbocycles. The third kappa shape index (κ3) is 6.53. The van der Waals surface area contributed by atoms with Gasteiger partial charge in [-0.2, -0.15) is 5.10 Å². The molecule has 1 amide bonds. The number of nitrogens with one attached hydrogen (secondary N) is 1. The second kappa shape index (κ2) is 10.8. The van der Waals surface area contributed by atoms with E-state index in [0.717, 1.165) is 30.9 Å². The van der Waals surface area contributed by atoms with Gasteiger partial charge in [-0.3, -0.25) is 20.2 Å². The van der Waals surface area contributed by atoms with Crippen LogP contribution < -0.4 is 17.0 Å². The van der Waals surface area contributed by atoms with Gasteiger partial charge in [0.15, 0.2) is 0 Å². The van der Waals surface area contributed by atoms with Crippen molar-refractivity contribution in [3.63, 3.8) is 0 Å². The lowest BCUT2D eigenvalue weighted by Crippen LogP contribution is -2.54. The highest BCUT2D eigenvalue weighted by atomic mass is 19.1. The summed E-state index contributed by atoms with van der Waals surface area (Å²) in [5, 5.41) is 4.54. The van der Waals surface area contributed by atoms with Gasteiger partial charge in [0.25, 0.3) is 0 Å². The highest BCUT2D eigenvalue weighted by Gasteiger charge is 2.31. The number of hydrogen-bond acceptors (Lipinski definition) is 7. The Balaban J connectivity index is 1.78. The summed E-state index contributed by atoms with van der Waals surface area (Å²) >= 11 is 0. The van der Waals surface area contributed by atoms with Crippen LogP contribution in [-0.4, -0.2) is 70.9 Å². The van der Waals surface area contributed by atoms with Crippen LogP contribution in [-0.2, 0) is 22.5 Å². The van der Waals surface area contributed by atoms with Gasteiger partial charge in [-0.15, -0.1) is 0 Å². The van der Waals surface area contributed by atoms with Crippen molar-refractivity contribution < 1.29 is 13.9 Å². The monoisotopic (exact) mass is 459 g/mol. The zero-order valence-corrected chi connectivity index (χ0v) is 19.6. The number of amides is 1. The molecule has 0 saturated carbocycles. The summed E-state index contributed by atoms with van der Waals surface area (Å²) in [7, 11) is 1.82. The minimum atomic E-state index is -0.371. The highest BCUT2D eigenvalue weighted by Crippen LogP contribution is 2.19. The lowest BCUT2D eigenvalue weighted by atomic mass is 10.0. The summed E-state index contributed by atoms with van der Waals surface area (Å²) in [5.41, 5.74) is 10.6. The molecule has 180 valence electrons. The predicted molar refractivity (Wildman–Crippen MR) is 125 cm³/mol. The van der Waals surface area contributed by atoms with Crippen molar-refractivity contribution in [2.75, 3.05) is 39.9 Å². The second-order valence-corrected chi connectivity index (χ2v) is 8.90. The number of morpholine rings is 1. The Kier molecular flexibility index (Phi) is 8.06. The van der Waals surface area contributed by atoms with Gasteiger partial charge in [0, 0.05) is 50.5 Å². The quantitative estimate of drug-likeness (QED) is 0.377. The standard InChI is InChI=1S/C23H34FN7O2/c1-23(2,16-30-8-10-33-11-9-30)29(3)22(32)15-31-19(12-17-4-6-18(24)7-5-17)13-21(28-31)20(25)14-27-26/h4-7,13-14,27H,8-12,15-16,25-26H2,1-3H3/b20-14-. The van der Waals surface area contributed by atoms with E-state index in [0.29, 0.717) is 31.0 Å². The molecular weight excluding hydrogens is 425 g/mol. The summed E-state index contributed by atoms with van der Waals surface area (Å²) in [4.78, 5) is 17.3. The van der Waals surface area contributed by atoms with Gasteiger partial charge < -0.3 is 20.8 Å². The molecule has 0 bridgehead atoms. The average molecular weight is 460 g/mol. The Morgan fingerprint density at radius 2 is 1.97 bits per heavy atom. The summed E-state index contributed by atoms with van der Waals surface area (Å²) in [6, 6.07) is 8.07. The first kappa shape index (κ1) is 24.7. The van der Waals surface area contributed by atoms with Crippen LogP contribution >= 0.6 is 0 Å². The molecule has 5 N–H and O–H groups in total. The minimum absolute atomic E-state index is 0.0584. The summed E-state index contributed by atoms with van der Waals surface area (Å²) < 4.78 is 20.4. The molecule has 0 radical (unpaired) electrons. The smallest absolute Gasteiger partial charge is 0.244 e. The largest absolute Gasteiger partial charge is 0.396 e. The number of hydrazine groups is 1. The number of halogens is 1. The Labute approximate surface area is 194 Å². The molecule has 10 heteroatoms. The summed E-state index contributed by atoms with van der Waals surface area (Å²) in [6.45, 7) is 8.06. The molecule has 9 nitrogen and oxygen atoms in total. The summed E-state index contributed by atoms with van der Waals surface area (Å²) in [6.07, 6.45) is 1.92. The zero-order valence-electron chi connectivity index (χ0n) is 19.6. The first-order valence-corrected chi connectivity index (χ1v) is 11.0. The van der Waals surface area contributed by atoms with E-state index < -0.39 is 0 Å². The number of nitrogens with zero attached hydrogens (tertiary/aromatic N) is 4. The maximum absolute atomic E-state index is 13.3. The lowest BCUT2D eigenvalue weighted by molar-refractivity contribution is -0.136. The molecule has 1 aliphatic heterocycles. The van der Waals surface area contributed by atoms with Crippen molar-refractivity contribution in [2.45, 2.75) is 32.4 Å². The van der Waals surface area contributed by atoms with Crippen molar-refractivity contribution in [3.8, 4) is 0 Å². The van der Waals surface area contributed by atoms with Gasteiger partial charge in [-0.05, 0) is 37.6 Å². The Bertz CT molecular complexity index is 966. The van der Waals surface area contributed by atoms with Crippen LogP contribution in [0.15, 0.2) is 36.5 Å². The number of ether oxygens (including phenoxy) is 1. The van der Waals surface area contributed by atoms with Crippen LogP contribution in [0.3, 0.4) is 0 Å². The van der Waals surface area contributed by atoms with Crippen LogP contribution in [0.4, 0.5) is 4.39 Å². The van der Waals surface area contributed by atoms with Crippen LogP contribution in [0.25, 0.3) is 5.70 Å².